The van der Waals surface area contributed by atoms with E-state index in [1.165, 1.54) is 6.26 Å². The molecule has 0 unspecified atom stereocenters. The molecule has 1 saturated carbocycles. The minimum Gasteiger partial charge on any atom is -0.213 e. The Bertz CT molecular complexity index is 281. The van der Waals surface area contributed by atoms with Gasteiger partial charge in [-0.25, -0.2) is 13.1 Å². The molecule has 0 heterocycles. The lowest BCUT2D eigenvalue weighted by Gasteiger charge is -2.37. The average Bonchev–Trinajstić information content (AvgIpc) is 2.07. The Kier molecular flexibility index (Phi) is 3.83. The summed E-state index contributed by atoms with van der Waals surface area (Å²) in [5.74, 6) is 1.06. The topological polar surface area (TPSA) is 46.2 Å². The van der Waals surface area contributed by atoms with E-state index in [0.29, 0.717) is 11.8 Å². The van der Waals surface area contributed by atoms with Crippen LogP contribution in [0.5, 0.6) is 0 Å². The van der Waals surface area contributed by atoms with Gasteiger partial charge < -0.3 is 0 Å². The van der Waals surface area contributed by atoms with Crippen molar-refractivity contribution < 1.29 is 8.42 Å². The van der Waals surface area contributed by atoms with Crippen LogP contribution in [-0.2, 0) is 10.0 Å². The lowest BCUT2D eigenvalue weighted by molar-refractivity contribution is 0.247. The molecule has 0 aromatic rings. The van der Waals surface area contributed by atoms with Crippen LogP contribution in [0, 0.1) is 5.92 Å². The summed E-state index contributed by atoms with van der Waals surface area (Å²) >= 11 is 5.86. The first-order valence-electron chi connectivity index (χ1n) is 4.92. The van der Waals surface area contributed by atoms with Gasteiger partial charge in [-0.15, -0.1) is 11.6 Å². The molecule has 5 heteroatoms. The zero-order chi connectivity index (χ0) is 10.8. The molecule has 0 aromatic heterocycles. The lowest BCUT2D eigenvalue weighted by Crippen LogP contribution is -2.51. The van der Waals surface area contributed by atoms with Crippen LogP contribution in [0.2, 0.25) is 0 Å². The van der Waals surface area contributed by atoms with Gasteiger partial charge in [0.05, 0.1) is 6.26 Å². The monoisotopic (exact) mass is 239 g/mol. The van der Waals surface area contributed by atoms with Crippen molar-refractivity contribution in [1.82, 2.24) is 4.72 Å². The largest absolute Gasteiger partial charge is 0.213 e. The lowest BCUT2D eigenvalue weighted by atomic mass is 9.79. The SMILES string of the molecule is CC1CCC(CCl)(NS(C)(=O)=O)CC1. The summed E-state index contributed by atoms with van der Waals surface area (Å²) in [5.41, 5.74) is -0.387. The van der Waals surface area contributed by atoms with E-state index in [-0.39, 0.29) is 5.54 Å². The third-order valence-corrected chi connectivity index (χ3v) is 4.20. The normalized spacial score (nSPS) is 34.4. The van der Waals surface area contributed by atoms with Gasteiger partial charge in [-0.1, -0.05) is 6.92 Å². The Labute approximate surface area is 91.3 Å². The first kappa shape index (κ1) is 12.3. The van der Waals surface area contributed by atoms with Crippen molar-refractivity contribution in [1.29, 1.82) is 0 Å². The predicted molar refractivity (Wildman–Crippen MR) is 59.1 cm³/mol. The minimum atomic E-state index is -3.15. The van der Waals surface area contributed by atoms with E-state index >= 15 is 0 Å². The summed E-state index contributed by atoms with van der Waals surface area (Å²) in [6.07, 6.45) is 5.00. The number of alkyl halides is 1. The van der Waals surface area contributed by atoms with E-state index < -0.39 is 10.0 Å². The molecule has 1 N–H and O–H groups in total. The van der Waals surface area contributed by atoms with Crippen LogP contribution >= 0.6 is 11.6 Å². The first-order valence-corrected chi connectivity index (χ1v) is 7.34. The summed E-state index contributed by atoms with van der Waals surface area (Å²) in [6, 6.07) is 0. The van der Waals surface area contributed by atoms with Crippen LogP contribution in [0.3, 0.4) is 0 Å². The highest BCUT2D eigenvalue weighted by atomic mass is 35.5. The molecular weight excluding hydrogens is 222 g/mol. The number of hydrogen-bond donors (Lipinski definition) is 1. The van der Waals surface area contributed by atoms with E-state index in [1.54, 1.807) is 0 Å². The highest BCUT2D eigenvalue weighted by Crippen LogP contribution is 2.33. The molecule has 0 bridgehead atoms. The van der Waals surface area contributed by atoms with Crippen molar-refractivity contribution in [2.45, 2.75) is 38.1 Å². The fraction of sp³-hybridized carbons (Fsp3) is 1.00. The molecule has 1 aliphatic carbocycles. The quantitative estimate of drug-likeness (QED) is 0.763. The number of nitrogens with one attached hydrogen (secondary N) is 1. The van der Waals surface area contributed by atoms with Crippen molar-refractivity contribution in [3.8, 4) is 0 Å². The zero-order valence-corrected chi connectivity index (χ0v) is 10.3. The summed E-state index contributed by atoms with van der Waals surface area (Å²) in [7, 11) is -3.15. The second kappa shape index (κ2) is 4.37. The van der Waals surface area contributed by atoms with Gasteiger partial charge >= 0.3 is 0 Å². The van der Waals surface area contributed by atoms with E-state index in [4.69, 9.17) is 11.6 Å². The van der Waals surface area contributed by atoms with Crippen LogP contribution < -0.4 is 4.72 Å². The fourth-order valence-corrected chi connectivity index (χ4v) is 3.45. The van der Waals surface area contributed by atoms with E-state index in [9.17, 15) is 8.42 Å². The van der Waals surface area contributed by atoms with Crippen LogP contribution in [-0.4, -0.2) is 26.1 Å². The third-order valence-electron chi connectivity index (χ3n) is 2.89. The van der Waals surface area contributed by atoms with Crippen molar-refractivity contribution >= 4 is 21.6 Å². The molecule has 0 aliphatic heterocycles. The molecule has 1 aliphatic rings. The summed E-state index contributed by atoms with van der Waals surface area (Å²) < 4.78 is 25.0. The average molecular weight is 240 g/mol. The fourth-order valence-electron chi connectivity index (χ4n) is 1.97. The van der Waals surface area contributed by atoms with Gasteiger partial charge in [0, 0.05) is 11.4 Å². The Hall–Kier alpha value is 0.200. The highest BCUT2D eigenvalue weighted by Gasteiger charge is 2.35. The number of hydrogen-bond acceptors (Lipinski definition) is 2. The Morgan fingerprint density at radius 3 is 2.29 bits per heavy atom. The van der Waals surface area contributed by atoms with Gasteiger partial charge in [-0.2, -0.15) is 0 Å². The molecule has 0 saturated heterocycles. The highest BCUT2D eigenvalue weighted by molar-refractivity contribution is 7.88. The Morgan fingerprint density at radius 2 is 1.93 bits per heavy atom. The van der Waals surface area contributed by atoms with Crippen molar-refractivity contribution in [2.24, 2.45) is 5.92 Å². The van der Waals surface area contributed by atoms with Crippen molar-refractivity contribution in [2.75, 3.05) is 12.1 Å². The second-order valence-electron chi connectivity index (χ2n) is 4.47. The predicted octanol–water partition coefficient (Wildman–Crippen LogP) is 1.72. The maximum Gasteiger partial charge on any atom is 0.209 e. The first-order chi connectivity index (χ1) is 6.37. The smallest absolute Gasteiger partial charge is 0.209 e. The van der Waals surface area contributed by atoms with Crippen molar-refractivity contribution in [3.05, 3.63) is 0 Å². The minimum absolute atomic E-state index is 0.368. The molecule has 84 valence electrons. The molecule has 0 spiro atoms. The van der Waals surface area contributed by atoms with Crippen LogP contribution in [0.25, 0.3) is 0 Å². The molecule has 0 aromatic carbocycles. The van der Waals surface area contributed by atoms with E-state index in [0.717, 1.165) is 25.7 Å². The summed E-state index contributed by atoms with van der Waals surface area (Å²) in [5, 5.41) is 0. The summed E-state index contributed by atoms with van der Waals surface area (Å²) in [6.45, 7) is 2.19. The van der Waals surface area contributed by atoms with Crippen LogP contribution in [0.15, 0.2) is 0 Å². The molecule has 0 amide bonds. The van der Waals surface area contributed by atoms with Gasteiger partial charge in [-0.3, -0.25) is 0 Å². The zero-order valence-electron chi connectivity index (χ0n) is 8.72. The molecule has 1 fully saturated rings. The third kappa shape index (κ3) is 3.41. The molecule has 0 radical (unpaired) electrons. The maximum absolute atomic E-state index is 11.2. The Morgan fingerprint density at radius 1 is 1.43 bits per heavy atom. The number of sulfonamides is 1. The molecular formula is C9H18ClNO2S. The van der Waals surface area contributed by atoms with Crippen LogP contribution in [0.1, 0.15) is 32.6 Å². The number of halogens is 1. The number of rotatable bonds is 3. The Balaban J connectivity index is 2.68. The molecule has 3 nitrogen and oxygen atoms in total. The summed E-state index contributed by atoms with van der Waals surface area (Å²) in [4.78, 5) is 0. The van der Waals surface area contributed by atoms with Crippen LogP contribution in [0.4, 0.5) is 0 Å². The molecule has 1 rings (SSSR count). The van der Waals surface area contributed by atoms with E-state index in [2.05, 4.69) is 11.6 Å². The van der Waals surface area contributed by atoms with Gasteiger partial charge in [0.25, 0.3) is 0 Å². The van der Waals surface area contributed by atoms with Gasteiger partial charge in [0.2, 0.25) is 10.0 Å². The van der Waals surface area contributed by atoms with E-state index in [1.807, 2.05) is 0 Å². The van der Waals surface area contributed by atoms with Crippen molar-refractivity contribution in [3.63, 3.8) is 0 Å². The molecule has 0 atom stereocenters. The van der Waals surface area contributed by atoms with Gasteiger partial charge in [0.1, 0.15) is 0 Å². The molecule has 14 heavy (non-hydrogen) atoms. The standard InChI is InChI=1S/C9H18ClNO2S/c1-8-3-5-9(7-10,6-4-8)11-14(2,12)13/h8,11H,3-7H2,1-2H3. The maximum atomic E-state index is 11.2. The second-order valence-corrected chi connectivity index (χ2v) is 6.49. The van der Waals surface area contributed by atoms with Gasteiger partial charge in [-0.05, 0) is 31.6 Å². The van der Waals surface area contributed by atoms with Gasteiger partial charge in [0.15, 0.2) is 0 Å².